The van der Waals surface area contributed by atoms with E-state index in [1.807, 2.05) is 0 Å². The molecule has 0 radical (unpaired) electrons. The summed E-state index contributed by atoms with van der Waals surface area (Å²) in [6.45, 7) is 1.92. The fourth-order valence-electron chi connectivity index (χ4n) is 4.10. The molecule has 1 saturated carbocycles. The summed E-state index contributed by atoms with van der Waals surface area (Å²) in [6, 6.07) is 3.73. The van der Waals surface area contributed by atoms with Crippen molar-refractivity contribution >= 4 is 11.6 Å². The van der Waals surface area contributed by atoms with E-state index >= 15 is 0 Å². The number of hydrogen-bond acceptors (Lipinski definition) is 5. The van der Waals surface area contributed by atoms with Crippen LogP contribution in [0.3, 0.4) is 0 Å². The predicted molar refractivity (Wildman–Crippen MR) is 122 cm³/mol. The Morgan fingerprint density at radius 2 is 2.00 bits per heavy atom. The minimum absolute atomic E-state index is 0.00369. The van der Waals surface area contributed by atoms with E-state index in [4.69, 9.17) is 0 Å². The van der Waals surface area contributed by atoms with Gasteiger partial charge < -0.3 is 16.0 Å². The maximum atomic E-state index is 14.5. The second-order valence-electron chi connectivity index (χ2n) is 8.92. The van der Waals surface area contributed by atoms with E-state index < -0.39 is 23.7 Å². The van der Waals surface area contributed by atoms with Crippen LogP contribution in [0.1, 0.15) is 35.2 Å². The lowest BCUT2D eigenvalue weighted by atomic mass is 9.99. The van der Waals surface area contributed by atoms with Gasteiger partial charge in [-0.2, -0.15) is 5.10 Å². The molecule has 0 unspecified atom stereocenters. The molecule has 1 saturated heterocycles. The first-order valence-corrected chi connectivity index (χ1v) is 11.3. The number of alkyl halides is 2. The highest BCUT2D eigenvalue weighted by Gasteiger charge is 2.41. The number of aryl methyl sites for hydroxylation is 1. The van der Waals surface area contributed by atoms with E-state index in [2.05, 4.69) is 26.0 Å². The lowest BCUT2D eigenvalue weighted by Crippen LogP contribution is -2.52. The van der Waals surface area contributed by atoms with Crippen molar-refractivity contribution in [3.05, 3.63) is 59.9 Å². The first kappa shape index (κ1) is 22.4. The van der Waals surface area contributed by atoms with Crippen LogP contribution in [0.25, 0.3) is 16.8 Å². The third-order valence-electron chi connectivity index (χ3n) is 6.17. The topological polar surface area (TPSA) is 83.9 Å². The number of halogens is 3. The number of anilines is 1. The van der Waals surface area contributed by atoms with E-state index in [1.54, 1.807) is 42.3 Å². The van der Waals surface area contributed by atoms with Crippen LogP contribution < -0.4 is 16.0 Å². The number of carbonyl (C=O) groups is 1. The Hall–Kier alpha value is -3.40. The molecule has 1 amide bonds. The van der Waals surface area contributed by atoms with Crippen molar-refractivity contribution in [3.8, 4) is 16.8 Å². The summed E-state index contributed by atoms with van der Waals surface area (Å²) in [6.07, 6.45) is 8.55. The van der Waals surface area contributed by atoms with E-state index in [-0.39, 0.29) is 18.2 Å². The average Bonchev–Trinajstić information content (AvgIpc) is 3.47. The van der Waals surface area contributed by atoms with Crippen LogP contribution in [-0.2, 0) is 0 Å². The largest absolute Gasteiger partial charge is 0.375 e. The van der Waals surface area contributed by atoms with E-state index in [0.29, 0.717) is 41.0 Å². The van der Waals surface area contributed by atoms with Crippen LogP contribution in [0.15, 0.2) is 43.0 Å². The Labute approximate surface area is 194 Å². The Kier molecular flexibility index (Phi) is 5.76. The van der Waals surface area contributed by atoms with Crippen molar-refractivity contribution in [2.75, 3.05) is 18.4 Å². The molecule has 0 bridgehead atoms. The standard InChI is InChI=1S/C24H25F3N6O/c1-14-6-21(25)20(23(34)32-16-2-3-16)8-19(14)15-9-30-33(12-15)18-7-17(10-29-11-18)31-22-4-5-28-13-24(22,26)27/h6-12,16,22,28,31H,2-5,13H2,1H3,(H,32,34)/t22-/m1/s1. The molecule has 2 aromatic heterocycles. The number of nitrogens with zero attached hydrogens (tertiary/aromatic N) is 3. The molecule has 3 aromatic rings. The highest BCUT2D eigenvalue weighted by atomic mass is 19.3. The van der Waals surface area contributed by atoms with Crippen LogP contribution in [0.4, 0.5) is 18.9 Å². The maximum Gasteiger partial charge on any atom is 0.279 e. The molecule has 1 atom stereocenters. The smallest absolute Gasteiger partial charge is 0.279 e. The third kappa shape index (κ3) is 4.63. The third-order valence-corrected chi connectivity index (χ3v) is 6.17. The molecule has 2 aliphatic rings. The summed E-state index contributed by atoms with van der Waals surface area (Å²) in [5.41, 5.74) is 3.10. The highest BCUT2D eigenvalue weighted by Crippen LogP contribution is 2.29. The van der Waals surface area contributed by atoms with Gasteiger partial charge in [0.15, 0.2) is 0 Å². The Morgan fingerprint density at radius 3 is 2.76 bits per heavy atom. The molecule has 7 nitrogen and oxygen atoms in total. The fraction of sp³-hybridized carbons (Fsp3) is 0.375. The van der Waals surface area contributed by atoms with Gasteiger partial charge in [0.05, 0.1) is 48.1 Å². The first-order chi connectivity index (χ1) is 16.3. The quantitative estimate of drug-likeness (QED) is 0.512. The number of nitrogens with one attached hydrogen (secondary N) is 3. The number of carbonyl (C=O) groups excluding carboxylic acids is 1. The normalized spacial score (nSPS) is 19.6. The second kappa shape index (κ2) is 8.75. The summed E-state index contributed by atoms with van der Waals surface area (Å²) in [7, 11) is 0. The van der Waals surface area contributed by atoms with Crippen LogP contribution in [0.5, 0.6) is 0 Å². The van der Waals surface area contributed by atoms with Gasteiger partial charge in [0.1, 0.15) is 5.82 Å². The van der Waals surface area contributed by atoms with Gasteiger partial charge in [-0.3, -0.25) is 9.78 Å². The molecular weight excluding hydrogens is 445 g/mol. The first-order valence-electron chi connectivity index (χ1n) is 11.3. The number of pyridine rings is 1. The van der Waals surface area contributed by atoms with Crippen LogP contribution in [0, 0.1) is 12.7 Å². The Balaban J connectivity index is 1.39. The molecule has 178 valence electrons. The van der Waals surface area contributed by atoms with Crippen molar-refractivity contribution in [3.63, 3.8) is 0 Å². The van der Waals surface area contributed by atoms with Gasteiger partial charge in [0.2, 0.25) is 0 Å². The molecule has 34 heavy (non-hydrogen) atoms. The number of benzene rings is 1. The minimum Gasteiger partial charge on any atom is -0.375 e. The van der Waals surface area contributed by atoms with Crippen molar-refractivity contribution in [1.29, 1.82) is 0 Å². The molecule has 2 fully saturated rings. The monoisotopic (exact) mass is 470 g/mol. The molecule has 3 N–H and O–H groups in total. The number of hydrogen-bond donors (Lipinski definition) is 3. The van der Waals surface area contributed by atoms with Gasteiger partial charge in [0, 0.05) is 17.8 Å². The highest BCUT2D eigenvalue weighted by molar-refractivity contribution is 5.96. The van der Waals surface area contributed by atoms with Gasteiger partial charge in [-0.1, -0.05) is 0 Å². The van der Waals surface area contributed by atoms with Gasteiger partial charge in [-0.05, 0) is 62.1 Å². The number of amides is 1. The fourth-order valence-corrected chi connectivity index (χ4v) is 4.10. The molecule has 5 rings (SSSR count). The summed E-state index contributed by atoms with van der Waals surface area (Å²) in [4.78, 5) is 16.6. The summed E-state index contributed by atoms with van der Waals surface area (Å²) >= 11 is 0. The Bertz CT molecular complexity index is 1220. The summed E-state index contributed by atoms with van der Waals surface area (Å²) < 4.78 is 44.4. The second-order valence-corrected chi connectivity index (χ2v) is 8.92. The van der Waals surface area contributed by atoms with Crippen LogP contribution in [0.2, 0.25) is 0 Å². The molecule has 1 aliphatic heterocycles. The number of piperidine rings is 1. The minimum atomic E-state index is -2.86. The van der Waals surface area contributed by atoms with Crippen molar-refractivity contribution in [2.24, 2.45) is 0 Å². The van der Waals surface area contributed by atoms with Crippen molar-refractivity contribution < 1.29 is 18.0 Å². The van der Waals surface area contributed by atoms with Crippen LogP contribution in [-0.4, -0.2) is 51.8 Å². The van der Waals surface area contributed by atoms with Gasteiger partial charge in [-0.15, -0.1) is 0 Å². The van der Waals surface area contributed by atoms with E-state index in [1.165, 1.54) is 12.3 Å². The van der Waals surface area contributed by atoms with Crippen LogP contribution >= 0.6 is 0 Å². The summed E-state index contributed by atoms with van der Waals surface area (Å²) in [5, 5.41) is 12.8. The number of rotatable bonds is 6. The predicted octanol–water partition coefficient (Wildman–Crippen LogP) is 3.68. The molecular formula is C24H25F3N6O. The maximum absolute atomic E-state index is 14.5. The zero-order valence-corrected chi connectivity index (χ0v) is 18.6. The van der Waals surface area contributed by atoms with E-state index in [9.17, 15) is 18.0 Å². The Morgan fingerprint density at radius 1 is 1.18 bits per heavy atom. The molecule has 10 heteroatoms. The van der Waals surface area contributed by atoms with Gasteiger partial charge >= 0.3 is 0 Å². The van der Waals surface area contributed by atoms with Crippen molar-refractivity contribution in [2.45, 2.75) is 44.2 Å². The lowest BCUT2D eigenvalue weighted by molar-refractivity contribution is -0.0321. The van der Waals surface area contributed by atoms with E-state index in [0.717, 1.165) is 12.8 Å². The zero-order valence-electron chi connectivity index (χ0n) is 18.6. The van der Waals surface area contributed by atoms with Crippen molar-refractivity contribution in [1.82, 2.24) is 25.4 Å². The SMILES string of the molecule is Cc1cc(F)c(C(=O)NC2CC2)cc1-c1cnn(-c2cncc(N[C@@H]3CCNCC3(F)F)c2)c1. The molecule has 1 aliphatic carbocycles. The average molecular weight is 470 g/mol. The van der Waals surface area contributed by atoms with Gasteiger partial charge in [0.25, 0.3) is 11.8 Å². The lowest BCUT2D eigenvalue weighted by Gasteiger charge is -2.33. The van der Waals surface area contributed by atoms with Gasteiger partial charge in [-0.25, -0.2) is 17.9 Å². The molecule has 0 spiro atoms. The summed E-state index contributed by atoms with van der Waals surface area (Å²) in [5.74, 6) is -3.85. The zero-order chi connectivity index (χ0) is 23.9. The number of aromatic nitrogens is 3. The molecule has 3 heterocycles. The molecule has 1 aromatic carbocycles.